The van der Waals surface area contributed by atoms with Gasteiger partial charge in [0.25, 0.3) is 0 Å². The number of hydrogen-bond acceptors (Lipinski definition) is 4. The maximum absolute atomic E-state index is 11.0. The van der Waals surface area contributed by atoms with Gasteiger partial charge >= 0.3 is 5.97 Å². The van der Waals surface area contributed by atoms with Crippen LogP contribution in [0.5, 0.6) is 0 Å². The first-order valence-corrected chi connectivity index (χ1v) is 6.63. The third-order valence-corrected chi connectivity index (χ3v) is 3.63. The minimum absolute atomic E-state index is 0.109. The predicted molar refractivity (Wildman–Crippen MR) is 69.8 cm³/mol. The Morgan fingerprint density at radius 2 is 2.26 bits per heavy atom. The van der Waals surface area contributed by atoms with Crippen LogP contribution in [0.4, 0.5) is 0 Å². The smallest absolute Gasteiger partial charge is 0.306 e. The predicted octanol–water partition coefficient (Wildman–Crippen LogP) is 2.01. The number of fused-ring (bicyclic) bond motifs is 1. The fraction of sp³-hybridized carbons (Fsp3) is 0.643. The highest BCUT2D eigenvalue weighted by atomic mass is 16.5. The summed E-state index contributed by atoms with van der Waals surface area (Å²) in [6.07, 6.45) is 3.54. The summed E-state index contributed by atoms with van der Waals surface area (Å²) in [4.78, 5) is 19.9. The van der Waals surface area contributed by atoms with Gasteiger partial charge in [0.05, 0.1) is 5.92 Å². The molecule has 2 rings (SSSR count). The van der Waals surface area contributed by atoms with Crippen molar-refractivity contribution in [1.29, 1.82) is 0 Å². The number of ether oxygens (including phenoxy) is 1. The van der Waals surface area contributed by atoms with Gasteiger partial charge in [-0.15, -0.1) is 0 Å². The van der Waals surface area contributed by atoms with Crippen LogP contribution in [0.25, 0.3) is 0 Å². The number of rotatable bonds is 4. The van der Waals surface area contributed by atoms with Crippen molar-refractivity contribution in [2.75, 3.05) is 7.11 Å². The molecule has 0 aliphatic heterocycles. The van der Waals surface area contributed by atoms with Gasteiger partial charge in [-0.1, -0.05) is 13.8 Å². The Morgan fingerprint density at radius 1 is 1.53 bits per heavy atom. The van der Waals surface area contributed by atoms with Crippen LogP contribution in [-0.4, -0.2) is 28.2 Å². The molecular weight excluding hydrogens is 244 g/mol. The third kappa shape index (κ3) is 2.92. The molecule has 2 unspecified atom stereocenters. The molecule has 0 amide bonds. The largest absolute Gasteiger partial charge is 0.481 e. The monoisotopic (exact) mass is 264 g/mol. The van der Waals surface area contributed by atoms with Crippen LogP contribution in [0, 0.1) is 11.8 Å². The zero-order valence-electron chi connectivity index (χ0n) is 11.6. The number of carboxylic acid groups (broad SMARTS) is 1. The maximum atomic E-state index is 11.0. The fourth-order valence-electron chi connectivity index (χ4n) is 2.55. The second kappa shape index (κ2) is 5.65. The number of aromatic nitrogens is 2. The van der Waals surface area contributed by atoms with E-state index < -0.39 is 5.97 Å². The SMILES string of the molecule is COC(c1ncc2c(n1)CCC(C(=O)O)C2)C(C)C. The van der Waals surface area contributed by atoms with Crippen molar-refractivity contribution in [3.63, 3.8) is 0 Å². The van der Waals surface area contributed by atoms with E-state index in [0.717, 1.165) is 11.3 Å². The van der Waals surface area contributed by atoms with Gasteiger partial charge in [-0.2, -0.15) is 0 Å². The van der Waals surface area contributed by atoms with Crippen LogP contribution in [0.2, 0.25) is 0 Å². The molecule has 19 heavy (non-hydrogen) atoms. The van der Waals surface area contributed by atoms with Crippen molar-refractivity contribution in [1.82, 2.24) is 9.97 Å². The number of aliphatic carboxylic acids is 1. The van der Waals surface area contributed by atoms with Gasteiger partial charge in [0.1, 0.15) is 6.10 Å². The van der Waals surface area contributed by atoms with E-state index in [4.69, 9.17) is 9.84 Å². The van der Waals surface area contributed by atoms with Crippen LogP contribution in [0.1, 0.15) is 43.5 Å². The molecule has 0 saturated carbocycles. The van der Waals surface area contributed by atoms with Gasteiger partial charge < -0.3 is 9.84 Å². The van der Waals surface area contributed by atoms with E-state index >= 15 is 0 Å². The van der Waals surface area contributed by atoms with Crippen molar-refractivity contribution in [2.24, 2.45) is 11.8 Å². The Kier molecular flexibility index (Phi) is 4.14. The van der Waals surface area contributed by atoms with E-state index in [-0.39, 0.29) is 12.0 Å². The summed E-state index contributed by atoms with van der Waals surface area (Å²) >= 11 is 0. The molecule has 1 aliphatic carbocycles. The van der Waals surface area contributed by atoms with Gasteiger partial charge in [0.2, 0.25) is 0 Å². The van der Waals surface area contributed by atoms with Gasteiger partial charge in [0, 0.05) is 19.0 Å². The second-order valence-corrected chi connectivity index (χ2v) is 5.38. The number of methoxy groups -OCH3 is 1. The molecule has 1 heterocycles. The Hall–Kier alpha value is -1.49. The number of hydrogen-bond donors (Lipinski definition) is 1. The second-order valence-electron chi connectivity index (χ2n) is 5.38. The molecule has 1 aromatic heterocycles. The highest BCUT2D eigenvalue weighted by Crippen LogP contribution is 2.27. The lowest BCUT2D eigenvalue weighted by atomic mass is 9.87. The minimum Gasteiger partial charge on any atom is -0.481 e. The summed E-state index contributed by atoms with van der Waals surface area (Å²) in [6, 6.07) is 0. The topological polar surface area (TPSA) is 72.3 Å². The van der Waals surface area contributed by atoms with Crippen LogP contribution in [-0.2, 0) is 22.4 Å². The van der Waals surface area contributed by atoms with Crippen molar-refractivity contribution in [2.45, 2.75) is 39.2 Å². The summed E-state index contributed by atoms with van der Waals surface area (Å²) < 4.78 is 5.43. The van der Waals surface area contributed by atoms with Crippen molar-refractivity contribution in [3.8, 4) is 0 Å². The van der Waals surface area contributed by atoms with Crippen LogP contribution >= 0.6 is 0 Å². The zero-order chi connectivity index (χ0) is 14.0. The molecule has 2 atom stereocenters. The summed E-state index contributed by atoms with van der Waals surface area (Å²) in [5.74, 6) is -0.0274. The van der Waals surface area contributed by atoms with Crippen molar-refractivity contribution >= 4 is 5.97 Å². The average molecular weight is 264 g/mol. The molecule has 0 bridgehead atoms. The van der Waals surface area contributed by atoms with E-state index in [2.05, 4.69) is 23.8 Å². The first-order valence-electron chi connectivity index (χ1n) is 6.63. The summed E-state index contributed by atoms with van der Waals surface area (Å²) in [6.45, 7) is 4.13. The molecule has 5 nitrogen and oxygen atoms in total. The number of carboxylic acids is 1. The average Bonchev–Trinajstić information content (AvgIpc) is 2.38. The Morgan fingerprint density at radius 3 is 2.84 bits per heavy atom. The van der Waals surface area contributed by atoms with E-state index in [1.54, 1.807) is 13.3 Å². The number of nitrogens with zero attached hydrogens (tertiary/aromatic N) is 2. The lowest BCUT2D eigenvalue weighted by Gasteiger charge is -2.23. The molecular formula is C14H20N2O3. The summed E-state index contributed by atoms with van der Waals surface area (Å²) in [5.41, 5.74) is 1.94. The molecule has 1 aliphatic rings. The normalized spacial score (nSPS) is 20.1. The van der Waals surface area contributed by atoms with Crippen LogP contribution in [0.3, 0.4) is 0 Å². The minimum atomic E-state index is -0.730. The number of aryl methyl sites for hydroxylation is 1. The highest BCUT2D eigenvalue weighted by molar-refractivity contribution is 5.70. The van der Waals surface area contributed by atoms with Crippen LogP contribution in [0.15, 0.2) is 6.20 Å². The molecule has 0 aromatic carbocycles. The fourth-order valence-corrected chi connectivity index (χ4v) is 2.55. The van der Waals surface area contributed by atoms with Gasteiger partial charge in [-0.05, 0) is 30.7 Å². The first kappa shape index (κ1) is 13.9. The Balaban J connectivity index is 2.24. The maximum Gasteiger partial charge on any atom is 0.306 e. The van der Waals surface area contributed by atoms with E-state index in [0.29, 0.717) is 31.0 Å². The Labute approximate surface area is 113 Å². The van der Waals surface area contributed by atoms with Crippen molar-refractivity contribution < 1.29 is 14.6 Å². The highest BCUT2D eigenvalue weighted by Gasteiger charge is 2.27. The van der Waals surface area contributed by atoms with Gasteiger partial charge in [-0.25, -0.2) is 9.97 Å². The summed E-state index contributed by atoms with van der Waals surface area (Å²) in [5, 5.41) is 9.06. The standard InChI is InChI=1S/C14H20N2O3/c1-8(2)12(19-3)13-15-7-10-6-9(14(17)18)4-5-11(10)16-13/h7-9,12H,4-6H2,1-3H3,(H,17,18). The number of carbonyl (C=O) groups is 1. The molecule has 5 heteroatoms. The first-order chi connectivity index (χ1) is 9.02. The molecule has 0 saturated heterocycles. The zero-order valence-corrected chi connectivity index (χ0v) is 11.6. The third-order valence-electron chi connectivity index (χ3n) is 3.63. The molecule has 0 radical (unpaired) electrons. The van der Waals surface area contributed by atoms with Gasteiger partial charge in [0.15, 0.2) is 5.82 Å². The van der Waals surface area contributed by atoms with Crippen LogP contribution < -0.4 is 0 Å². The molecule has 1 aromatic rings. The molecule has 0 spiro atoms. The van der Waals surface area contributed by atoms with Gasteiger partial charge in [-0.3, -0.25) is 4.79 Å². The molecule has 104 valence electrons. The lowest BCUT2D eigenvalue weighted by Crippen LogP contribution is -2.24. The van der Waals surface area contributed by atoms with E-state index in [1.165, 1.54) is 0 Å². The van der Waals surface area contributed by atoms with E-state index in [1.807, 2.05) is 0 Å². The quantitative estimate of drug-likeness (QED) is 0.900. The van der Waals surface area contributed by atoms with E-state index in [9.17, 15) is 4.79 Å². The summed E-state index contributed by atoms with van der Waals surface area (Å²) in [7, 11) is 1.66. The Bertz CT molecular complexity index is 474. The molecule has 0 fully saturated rings. The van der Waals surface area contributed by atoms with Crippen molar-refractivity contribution in [3.05, 3.63) is 23.3 Å². The molecule has 1 N–H and O–H groups in total. The lowest BCUT2D eigenvalue weighted by molar-refractivity contribution is -0.142.